The van der Waals surface area contributed by atoms with Gasteiger partial charge in [0.25, 0.3) is 0 Å². The number of nitrogens with zero attached hydrogens (tertiary/aromatic N) is 2. The van der Waals surface area contributed by atoms with Crippen LogP contribution in [0, 0.1) is 27.7 Å². The number of benzene rings is 2. The van der Waals surface area contributed by atoms with Crippen molar-refractivity contribution >= 4 is 29.7 Å². The summed E-state index contributed by atoms with van der Waals surface area (Å²) in [4.78, 5) is 26.0. The molecule has 0 saturated carbocycles. The molecule has 0 radical (unpaired) electrons. The summed E-state index contributed by atoms with van der Waals surface area (Å²) in [6.45, 7) is 9.69. The number of rotatable bonds is 4. The summed E-state index contributed by atoms with van der Waals surface area (Å²) in [5.74, 6) is -0.654. The Morgan fingerprint density at radius 1 is 0.828 bits per heavy atom. The van der Waals surface area contributed by atoms with Gasteiger partial charge in [0.1, 0.15) is 24.5 Å². The number of carbonyl (C=O) groups is 2. The fraction of sp³-hybridized carbons (Fsp3) is 0.348. The van der Waals surface area contributed by atoms with Crippen LogP contribution in [-0.2, 0) is 9.47 Å². The summed E-state index contributed by atoms with van der Waals surface area (Å²) < 4.78 is 11.9. The number of hydrogen-bond acceptors (Lipinski definition) is 5. The molecule has 0 aliphatic carbocycles. The standard InChI is InChI=1S/C23H27N2O4/c1-14-9-18(22(26)28-5)10-15(2)20(14)24-7-8-25(13-24)21-16(3)11-19(12-17(21)4)23(27)29-6/h9-13H,7-8H2,1-6H3/q+1. The number of methoxy groups -OCH3 is 2. The monoisotopic (exact) mass is 395 g/mol. The molecule has 0 spiro atoms. The third kappa shape index (κ3) is 3.88. The summed E-state index contributed by atoms with van der Waals surface area (Å²) >= 11 is 0. The van der Waals surface area contributed by atoms with Crippen LogP contribution >= 0.6 is 0 Å². The van der Waals surface area contributed by atoms with Crippen LogP contribution in [0.15, 0.2) is 24.3 Å². The zero-order chi connectivity index (χ0) is 21.3. The molecule has 0 aromatic heterocycles. The van der Waals surface area contributed by atoms with Crippen molar-refractivity contribution in [2.24, 2.45) is 0 Å². The van der Waals surface area contributed by atoms with Gasteiger partial charge in [0.2, 0.25) is 6.34 Å². The van der Waals surface area contributed by atoms with Crippen molar-refractivity contribution < 1.29 is 23.6 Å². The Balaban J connectivity index is 1.98. The van der Waals surface area contributed by atoms with Crippen molar-refractivity contribution in [3.8, 4) is 0 Å². The van der Waals surface area contributed by atoms with Crippen LogP contribution in [0.2, 0.25) is 0 Å². The average Bonchev–Trinajstić information content (AvgIpc) is 3.14. The predicted molar refractivity (Wildman–Crippen MR) is 113 cm³/mol. The van der Waals surface area contributed by atoms with Gasteiger partial charge in [-0.1, -0.05) is 0 Å². The lowest BCUT2D eigenvalue weighted by molar-refractivity contribution is -0.425. The van der Waals surface area contributed by atoms with E-state index in [2.05, 4.69) is 15.8 Å². The van der Waals surface area contributed by atoms with Gasteiger partial charge in [0.15, 0.2) is 0 Å². The molecule has 0 saturated heterocycles. The molecular formula is C23H27N2O4+. The molecule has 0 fully saturated rings. The van der Waals surface area contributed by atoms with Crippen molar-refractivity contribution in [3.63, 3.8) is 0 Å². The van der Waals surface area contributed by atoms with Crippen molar-refractivity contribution in [1.82, 2.24) is 0 Å². The smallest absolute Gasteiger partial charge is 0.337 e. The van der Waals surface area contributed by atoms with Gasteiger partial charge in [-0.2, -0.15) is 0 Å². The van der Waals surface area contributed by atoms with Gasteiger partial charge < -0.3 is 9.47 Å². The molecule has 2 aromatic rings. The maximum Gasteiger partial charge on any atom is 0.337 e. The third-order valence-corrected chi connectivity index (χ3v) is 5.26. The quantitative estimate of drug-likeness (QED) is 0.584. The van der Waals surface area contributed by atoms with E-state index in [4.69, 9.17) is 9.47 Å². The van der Waals surface area contributed by atoms with Crippen LogP contribution in [0.3, 0.4) is 0 Å². The first kappa shape index (κ1) is 20.6. The summed E-state index contributed by atoms with van der Waals surface area (Å²) in [6.07, 6.45) is 2.10. The van der Waals surface area contributed by atoms with E-state index in [1.807, 2.05) is 52.0 Å². The summed E-state index contributed by atoms with van der Waals surface area (Å²) in [5, 5.41) is 0. The Bertz CT molecular complexity index is 978. The SMILES string of the molecule is COC(=O)c1cc(C)c(N2C=[N+](c3c(C)cc(C(=O)OC)cc3C)CC2)c(C)c1. The number of aryl methyl sites for hydroxylation is 4. The van der Waals surface area contributed by atoms with E-state index in [1.165, 1.54) is 14.2 Å². The minimum atomic E-state index is -0.327. The fourth-order valence-corrected chi connectivity index (χ4v) is 4.13. The zero-order valence-corrected chi connectivity index (χ0v) is 17.8. The number of esters is 2. The van der Waals surface area contributed by atoms with Crippen LogP contribution in [0.25, 0.3) is 0 Å². The van der Waals surface area contributed by atoms with Crippen molar-refractivity contribution in [1.29, 1.82) is 0 Å². The van der Waals surface area contributed by atoms with Gasteiger partial charge in [-0.25, -0.2) is 19.1 Å². The van der Waals surface area contributed by atoms with E-state index in [0.717, 1.165) is 46.7 Å². The normalized spacial score (nSPS) is 13.3. The number of anilines is 1. The van der Waals surface area contributed by atoms with E-state index >= 15 is 0 Å². The first-order valence-electron chi connectivity index (χ1n) is 9.54. The molecule has 1 aliphatic heterocycles. The molecule has 0 atom stereocenters. The van der Waals surface area contributed by atoms with Crippen LogP contribution < -0.4 is 4.90 Å². The van der Waals surface area contributed by atoms with E-state index in [9.17, 15) is 9.59 Å². The lowest BCUT2D eigenvalue weighted by Gasteiger charge is -2.14. The second-order valence-electron chi connectivity index (χ2n) is 7.40. The van der Waals surface area contributed by atoms with Gasteiger partial charge >= 0.3 is 11.9 Å². The van der Waals surface area contributed by atoms with Gasteiger partial charge in [-0.15, -0.1) is 0 Å². The molecule has 1 heterocycles. The zero-order valence-electron chi connectivity index (χ0n) is 17.8. The Kier molecular flexibility index (Phi) is 5.73. The lowest BCUT2D eigenvalue weighted by atomic mass is 10.0. The second kappa shape index (κ2) is 8.07. The highest BCUT2D eigenvalue weighted by molar-refractivity contribution is 5.92. The number of hydrogen-bond donors (Lipinski definition) is 0. The van der Waals surface area contributed by atoms with Crippen LogP contribution in [0.4, 0.5) is 11.4 Å². The molecule has 6 nitrogen and oxygen atoms in total. The first-order chi connectivity index (χ1) is 13.8. The molecule has 0 amide bonds. The third-order valence-electron chi connectivity index (χ3n) is 5.26. The molecule has 0 bridgehead atoms. The van der Waals surface area contributed by atoms with Crippen molar-refractivity contribution in [2.45, 2.75) is 27.7 Å². The van der Waals surface area contributed by atoms with Crippen LogP contribution in [0.1, 0.15) is 43.0 Å². The van der Waals surface area contributed by atoms with Gasteiger partial charge in [-0.3, -0.25) is 0 Å². The van der Waals surface area contributed by atoms with Gasteiger partial charge in [-0.05, 0) is 74.2 Å². The average molecular weight is 395 g/mol. The van der Waals surface area contributed by atoms with Gasteiger partial charge in [0, 0.05) is 0 Å². The Hall–Kier alpha value is -3.15. The number of ether oxygens (including phenoxy) is 2. The van der Waals surface area contributed by atoms with Crippen LogP contribution in [0.5, 0.6) is 0 Å². The molecule has 29 heavy (non-hydrogen) atoms. The molecule has 3 rings (SSSR count). The van der Waals surface area contributed by atoms with Crippen LogP contribution in [-0.4, -0.2) is 50.2 Å². The summed E-state index contributed by atoms with van der Waals surface area (Å²) in [7, 11) is 2.78. The summed E-state index contributed by atoms with van der Waals surface area (Å²) in [6, 6.07) is 7.47. The molecule has 0 N–H and O–H groups in total. The van der Waals surface area contributed by atoms with Crippen molar-refractivity contribution in [3.05, 3.63) is 57.6 Å². The molecule has 1 aliphatic rings. The van der Waals surface area contributed by atoms with E-state index in [1.54, 1.807) is 0 Å². The minimum absolute atomic E-state index is 0.327. The van der Waals surface area contributed by atoms with E-state index in [-0.39, 0.29) is 11.9 Å². The highest BCUT2D eigenvalue weighted by Crippen LogP contribution is 2.30. The molecular weight excluding hydrogens is 368 g/mol. The Labute approximate surface area is 171 Å². The Morgan fingerprint density at radius 2 is 1.28 bits per heavy atom. The second-order valence-corrected chi connectivity index (χ2v) is 7.40. The largest absolute Gasteiger partial charge is 0.465 e. The minimum Gasteiger partial charge on any atom is -0.465 e. The summed E-state index contributed by atoms with van der Waals surface area (Å²) in [5.41, 5.74) is 7.43. The molecule has 0 unspecified atom stereocenters. The Morgan fingerprint density at radius 3 is 1.72 bits per heavy atom. The highest BCUT2D eigenvalue weighted by atomic mass is 16.5. The van der Waals surface area contributed by atoms with E-state index < -0.39 is 0 Å². The molecule has 2 aromatic carbocycles. The predicted octanol–water partition coefficient (Wildman–Crippen LogP) is 3.69. The fourth-order valence-electron chi connectivity index (χ4n) is 4.13. The van der Waals surface area contributed by atoms with E-state index in [0.29, 0.717) is 11.1 Å². The molecule has 152 valence electrons. The lowest BCUT2D eigenvalue weighted by Crippen LogP contribution is -2.21. The maximum absolute atomic E-state index is 11.9. The number of carbonyl (C=O) groups excluding carboxylic acids is 2. The highest BCUT2D eigenvalue weighted by Gasteiger charge is 2.28. The first-order valence-corrected chi connectivity index (χ1v) is 9.54. The topological polar surface area (TPSA) is 58.8 Å². The maximum atomic E-state index is 11.9. The van der Waals surface area contributed by atoms with Crippen molar-refractivity contribution in [2.75, 3.05) is 32.2 Å². The van der Waals surface area contributed by atoms with Gasteiger partial charge in [0.05, 0.1) is 25.3 Å². The molecule has 6 heteroatoms.